The van der Waals surface area contributed by atoms with Crippen LogP contribution in [-0.4, -0.2) is 43.0 Å². The first kappa shape index (κ1) is 22.5. The Morgan fingerprint density at radius 3 is 2.66 bits per heavy atom. The van der Waals surface area contributed by atoms with Crippen LogP contribution in [0.4, 0.5) is 26.5 Å². The summed E-state index contributed by atoms with van der Waals surface area (Å²) in [5.74, 6) is -0.721. The smallest absolute Gasteiger partial charge is 0.404 e. The molecule has 0 saturated heterocycles. The van der Waals surface area contributed by atoms with Crippen LogP contribution in [0.3, 0.4) is 0 Å². The van der Waals surface area contributed by atoms with Crippen LogP contribution in [-0.2, 0) is 0 Å². The minimum Gasteiger partial charge on any atom is -0.465 e. The van der Waals surface area contributed by atoms with Crippen LogP contribution in [0.15, 0.2) is 43.0 Å². The van der Waals surface area contributed by atoms with E-state index in [2.05, 4.69) is 31.0 Å². The zero-order valence-electron chi connectivity index (χ0n) is 17.7. The van der Waals surface area contributed by atoms with Crippen molar-refractivity contribution in [2.45, 2.75) is 32.9 Å². The Bertz CT molecular complexity index is 1130. The molecule has 0 saturated carbocycles. The monoisotopic (exact) mass is 438 g/mol. The van der Waals surface area contributed by atoms with Crippen molar-refractivity contribution >= 4 is 23.4 Å². The summed E-state index contributed by atoms with van der Waals surface area (Å²) < 4.78 is 16.3. The van der Waals surface area contributed by atoms with Crippen molar-refractivity contribution < 1.29 is 14.3 Å². The summed E-state index contributed by atoms with van der Waals surface area (Å²) in [4.78, 5) is 19.5. The molecule has 166 valence electrons. The number of amides is 1. The van der Waals surface area contributed by atoms with E-state index >= 15 is 0 Å². The molecule has 1 amide bonds. The van der Waals surface area contributed by atoms with E-state index in [1.54, 1.807) is 48.5 Å². The van der Waals surface area contributed by atoms with Crippen molar-refractivity contribution in [2.24, 2.45) is 5.92 Å². The number of nitrogens with one attached hydrogen (secondary N) is 3. The summed E-state index contributed by atoms with van der Waals surface area (Å²) in [5, 5.41) is 31.0. The van der Waals surface area contributed by atoms with Crippen LogP contribution in [0, 0.1) is 23.1 Å². The van der Waals surface area contributed by atoms with E-state index in [9.17, 15) is 14.4 Å². The number of carbonyl (C=O) groups is 1. The average Bonchev–Trinajstić information content (AvgIpc) is 3.28. The Labute approximate surface area is 184 Å². The van der Waals surface area contributed by atoms with Gasteiger partial charge in [-0.05, 0) is 31.0 Å². The maximum absolute atomic E-state index is 14.7. The van der Waals surface area contributed by atoms with Gasteiger partial charge in [0.15, 0.2) is 17.5 Å². The maximum atomic E-state index is 14.7. The van der Waals surface area contributed by atoms with Gasteiger partial charge in [-0.25, -0.2) is 18.9 Å². The molecule has 10 nitrogen and oxygen atoms in total. The van der Waals surface area contributed by atoms with Gasteiger partial charge >= 0.3 is 6.09 Å². The number of halogens is 1. The summed E-state index contributed by atoms with van der Waals surface area (Å²) in [5.41, 5.74) is 1.23. The maximum Gasteiger partial charge on any atom is 0.404 e. The van der Waals surface area contributed by atoms with Gasteiger partial charge < -0.3 is 21.1 Å². The van der Waals surface area contributed by atoms with E-state index in [0.717, 1.165) is 6.07 Å². The standard InChI is InChI=1S/C21H23FN8O2/c1-12(2)18(13(3)26-21(31)32)28-20-17(22)7-14(9-23)19(29-20)27-15-8-16(11-24-10-15)30-6-4-5-25-30/h4-8,10-13,18,26H,1-3H3,(H,31,32)(H2,27,28,29)/t13-,18-/m0/s1. The van der Waals surface area contributed by atoms with Crippen molar-refractivity contribution in [3.8, 4) is 11.8 Å². The molecule has 0 aliphatic rings. The molecule has 0 bridgehead atoms. The molecule has 3 heterocycles. The largest absolute Gasteiger partial charge is 0.465 e. The molecule has 0 aliphatic carbocycles. The molecule has 3 rings (SSSR count). The van der Waals surface area contributed by atoms with Gasteiger partial charge in [0, 0.05) is 24.5 Å². The molecular weight excluding hydrogens is 415 g/mol. The lowest BCUT2D eigenvalue weighted by atomic mass is 9.97. The van der Waals surface area contributed by atoms with Crippen LogP contribution in [0.5, 0.6) is 0 Å². The van der Waals surface area contributed by atoms with Gasteiger partial charge in [-0.15, -0.1) is 0 Å². The third-order valence-corrected chi connectivity index (χ3v) is 4.76. The van der Waals surface area contributed by atoms with Gasteiger partial charge in [0.1, 0.15) is 6.07 Å². The Balaban J connectivity index is 1.91. The highest BCUT2D eigenvalue weighted by atomic mass is 19.1. The van der Waals surface area contributed by atoms with Crippen LogP contribution in [0.25, 0.3) is 5.69 Å². The molecule has 0 spiro atoms. The molecule has 2 atom stereocenters. The van der Waals surface area contributed by atoms with Crippen molar-refractivity contribution in [3.05, 3.63) is 54.4 Å². The van der Waals surface area contributed by atoms with Gasteiger partial charge in [-0.1, -0.05) is 13.8 Å². The zero-order chi connectivity index (χ0) is 23.3. The molecule has 11 heteroatoms. The summed E-state index contributed by atoms with van der Waals surface area (Å²) in [6.07, 6.45) is 5.39. The lowest BCUT2D eigenvalue weighted by molar-refractivity contribution is 0.188. The van der Waals surface area contributed by atoms with E-state index in [0.29, 0.717) is 11.4 Å². The SMILES string of the molecule is CC(C)[C@H](Nc1nc(Nc2cncc(-n3cccn3)c2)c(C#N)cc1F)[C@H](C)NC(=O)O. The van der Waals surface area contributed by atoms with Gasteiger partial charge in [0.25, 0.3) is 0 Å². The van der Waals surface area contributed by atoms with Crippen molar-refractivity contribution in [2.75, 3.05) is 10.6 Å². The number of hydrogen-bond donors (Lipinski definition) is 4. The van der Waals surface area contributed by atoms with Crippen LogP contribution in [0.2, 0.25) is 0 Å². The van der Waals surface area contributed by atoms with Gasteiger partial charge in [0.2, 0.25) is 0 Å². The second-order valence-electron chi connectivity index (χ2n) is 7.49. The molecular formula is C21H23FN8O2. The third kappa shape index (κ3) is 5.28. The number of nitriles is 1. The number of rotatable bonds is 8. The normalized spacial score (nSPS) is 12.6. The van der Waals surface area contributed by atoms with Crippen molar-refractivity contribution in [1.29, 1.82) is 5.26 Å². The number of carboxylic acid groups (broad SMARTS) is 1. The molecule has 3 aromatic heterocycles. The summed E-state index contributed by atoms with van der Waals surface area (Å²) >= 11 is 0. The molecule has 0 fully saturated rings. The fourth-order valence-corrected chi connectivity index (χ4v) is 3.26. The van der Waals surface area contributed by atoms with Crippen molar-refractivity contribution in [1.82, 2.24) is 25.1 Å². The Morgan fingerprint density at radius 2 is 2.03 bits per heavy atom. The topological polar surface area (TPSA) is 141 Å². The first-order valence-corrected chi connectivity index (χ1v) is 9.87. The van der Waals surface area contributed by atoms with Crippen molar-refractivity contribution in [3.63, 3.8) is 0 Å². The minimum absolute atomic E-state index is 0.00958. The second kappa shape index (κ2) is 9.74. The summed E-state index contributed by atoms with van der Waals surface area (Å²) in [6.45, 7) is 5.44. The molecule has 0 aliphatic heterocycles. The highest BCUT2D eigenvalue weighted by molar-refractivity contribution is 5.66. The predicted octanol–water partition coefficient (Wildman–Crippen LogP) is 3.51. The highest BCUT2D eigenvalue weighted by Gasteiger charge is 2.24. The Morgan fingerprint density at radius 1 is 1.25 bits per heavy atom. The van der Waals surface area contributed by atoms with Gasteiger partial charge in [-0.2, -0.15) is 10.4 Å². The fourth-order valence-electron chi connectivity index (χ4n) is 3.26. The molecule has 0 aromatic carbocycles. The minimum atomic E-state index is -1.18. The number of pyridine rings is 2. The van der Waals surface area contributed by atoms with E-state index in [1.165, 1.54) is 0 Å². The Hall–Kier alpha value is -4.20. The fraction of sp³-hybridized carbons (Fsp3) is 0.286. The zero-order valence-corrected chi connectivity index (χ0v) is 17.7. The number of anilines is 3. The Kier molecular flexibility index (Phi) is 6.84. The summed E-state index contributed by atoms with van der Waals surface area (Å²) in [7, 11) is 0. The molecule has 32 heavy (non-hydrogen) atoms. The molecule has 3 aromatic rings. The second-order valence-corrected chi connectivity index (χ2v) is 7.49. The van der Waals surface area contributed by atoms with E-state index in [-0.39, 0.29) is 23.1 Å². The first-order valence-electron chi connectivity index (χ1n) is 9.87. The van der Waals surface area contributed by atoms with Crippen LogP contribution < -0.4 is 16.0 Å². The average molecular weight is 438 g/mol. The van der Waals surface area contributed by atoms with Crippen LogP contribution >= 0.6 is 0 Å². The van der Waals surface area contributed by atoms with E-state index in [4.69, 9.17) is 5.11 Å². The number of aromatic nitrogens is 4. The summed E-state index contributed by atoms with van der Waals surface area (Å²) in [6, 6.07) is 5.58. The highest BCUT2D eigenvalue weighted by Crippen LogP contribution is 2.25. The molecule has 0 radical (unpaired) electrons. The lowest BCUT2D eigenvalue weighted by Gasteiger charge is -2.29. The van der Waals surface area contributed by atoms with E-state index in [1.807, 2.05) is 19.9 Å². The van der Waals surface area contributed by atoms with Gasteiger partial charge in [0.05, 0.1) is 29.3 Å². The predicted molar refractivity (Wildman–Crippen MR) is 116 cm³/mol. The van der Waals surface area contributed by atoms with E-state index < -0.39 is 24.0 Å². The van der Waals surface area contributed by atoms with Gasteiger partial charge in [-0.3, -0.25) is 4.98 Å². The number of nitrogens with zero attached hydrogens (tertiary/aromatic N) is 5. The molecule has 0 unspecified atom stereocenters. The molecule has 4 N–H and O–H groups in total. The third-order valence-electron chi connectivity index (χ3n) is 4.76. The lowest BCUT2D eigenvalue weighted by Crippen LogP contribution is -2.47. The quantitative estimate of drug-likeness (QED) is 0.419. The van der Waals surface area contributed by atoms with Crippen LogP contribution in [0.1, 0.15) is 26.3 Å². The number of hydrogen-bond acceptors (Lipinski definition) is 7. The first-order chi connectivity index (χ1) is 15.3.